The highest BCUT2D eigenvalue weighted by molar-refractivity contribution is 5.69. The van der Waals surface area contributed by atoms with E-state index in [1.165, 1.54) is 193 Å². The zero-order valence-corrected chi connectivity index (χ0v) is 34.0. The van der Waals surface area contributed by atoms with Crippen LogP contribution in [0.5, 0.6) is 0 Å². The van der Waals surface area contributed by atoms with Crippen LogP contribution in [0, 0.1) is 0 Å². The Morgan fingerprint density at radius 3 is 1.08 bits per heavy atom. The van der Waals surface area contributed by atoms with Gasteiger partial charge >= 0.3 is 11.9 Å². The number of hydrogen-bond donors (Lipinski definition) is 1. The Labute approximate surface area is 313 Å². The van der Waals surface area contributed by atoms with Crippen molar-refractivity contribution in [3.8, 4) is 0 Å². The molecule has 0 heterocycles. The number of ether oxygens (including phenoxy) is 1. The number of unbranched alkanes of at least 4 members (excludes halogenated alkanes) is 31. The molecule has 0 rings (SSSR count). The Bertz CT molecular complexity index is 717. The first kappa shape index (κ1) is 48.7. The van der Waals surface area contributed by atoms with Crippen LogP contribution in [0.1, 0.15) is 264 Å². The second-order valence-electron chi connectivity index (χ2n) is 15.6. The highest BCUT2D eigenvalue weighted by Gasteiger charge is 2.14. The van der Waals surface area contributed by atoms with Gasteiger partial charge in [0, 0.05) is 12.8 Å². The van der Waals surface area contributed by atoms with Gasteiger partial charge in [-0.1, -0.05) is 199 Å². The van der Waals surface area contributed by atoms with E-state index in [4.69, 9.17) is 9.84 Å². The van der Waals surface area contributed by atoms with E-state index in [2.05, 4.69) is 26.0 Å². The van der Waals surface area contributed by atoms with Crippen molar-refractivity contribution in [1.82, 2.24) is 0 Å². The van der Waals surface area contributed by atoms with E-state index in [-0.39, 0.29) is 12.1 Å². The van der Waals surface area contributed by atoms with Gasteiger partial charge in [-0.25, -0.2) is 0 Å². The van der Waals surface area contributed by atoms with Gasteiger partial charge in [0.1, 0.15) is 6.10 Å². The normalized spacial score (nSPS) is 12.2. The van der Waals surface area contributed by atoms with Gasteiger partial charge in [0.05, 0.1) is 0 Å². The molecule has 0 spiro atoms. The van der Waals surface area contributed by atoms with E-state index in [0.29, 0.717) is 12.8 Å². The van der Waals surface area contributed by atoms with Crippen LogP contribution < -0.4 is 0 Å². The molecule has 0 saturated carbocycles. The molecule has 0 saturated heterocycles. The van der Waals surface area contributed by atoms with Gasteiger partial charge in [0.25, 0.3) is 0 Å². The molecule has 0 bridgehead atoms. The Balaban J connectivity index is 3.81. The zero-order valence-electron chi connectivity index (χ0n) is 34.0. The molecule has 0 aromatic heterocycles. The van der Waals surface area contributed by atoms with Gasteiger partial charge in [0.15, 0.2) is 0 Å². The molecule has 4 heteroatoms. The number of carboxylic acids is 1. The van der Waals surface area contributed by atoms with Crippen molar-refractivity contribution in [3.05, 3.63) is 12.2 Å². The number of carbonyl (C=O) groups is 2. The van der Waals surface area contributed by atoms with E-state index >= 15 is 0 Å². The van der Waals surface area contributed by atoms with E-state index < -0.39 is 5.97 Å². The summed E-state index contributed by atoms with van der Waals surface area (Å²) in [6, 6.07) is 0. The van der Waals surface area contributed by atoms with Crippen LogP contribution in [0.15, 0.2) is 12.2 Å². The molecule has 1 atom stereocenters. The lowest BCUT2D eigenvalue weighted by Crippen LogP contribution is -2.18. The van der Waals surface area contributed by atoms with Crippen LogP contribution in [0.2, 0.25) is 0 Å². The van der Waals surface area contributed by atoms with Crippen molar-refractivity contribution >= 4 is 11.9 Å². The molecule has 0 fully saturated rings. The number of esters is 1. The van der Waals surface area contributed by atoms with Crippen molar-refractivity contribution in [3.63, 3.8) is 0 Å². The molecule has 0 aromatic rings. The first-order chi connectivity index (χ1) is 24.6. The third-order valence-electron chi connectivity index (χ3n) is 10.5. The number of carboxylic acid groups (broad SMARTS) is 1. The summed E-state index contributed by atoms with van der Waals surface area (Å²) in [6.07, 6.45) is 52.7. The Hall–Kier alpha value is -1.32. The van der Waals surface area contributed by atoms with Crippen LogP contribution in [-0.2, 0) is 14.3 Å². The lowest BCUT2D eigenvalue weighted by molar-refractivity contribution is -0.150. The third kappa shape index (κ3) is 41.1. The van der Waals surface area contributed by atoms with Gasteiger partial charge in [-0.2, -0.15) is 0 Å². The average molecular weight is 705 g/mol. The summed E-state index contributed by atoms with van der Waals surface area (Å²) in [5.41, 5.74) is 0. The van der Waals surface area contributed by atoms with E-state index in [9.17, 15) is 9.59 Å². The molecule has 0 aliphatic rings. The Kier molecular flexibility index (Phi) is 41.0. The minimum atomic E-state index is -0.672. The topological polar surface area (TPSA) is 63.6 Å². The molecular formula is C46H88O4. The number of hydrogen-bond acceptors (Lipinski definition) is 3. The van der Waals surface area contributed by atoms with Crippen molar-refractivity contribution in [1.29, 1.82) is 0 Å². The Morgan fingerprint density at radius 2 is 0.720 bits per heavy atom. The molecule has 0 aliphatic carbocycles. The highest BCUT2D eigenvalue weighted by Crippen LogP contribution is 2.19. The number of carbonyl (C=O) groups excluding carboxylic acids is 1. The summed E-state index contributed by atoms with van der Waals surface area (Å²) in [6.45, 7) is 4.55. The van der Waals surface area contributed by atoms with Gasteiger partial charge in [-0.3, -0.25) is 9.59 Å². The lowest BCUT2D eigenvalue weighted by atomic mass is 10.0. The maximum Gasteiger partial charge on any atom is 0.306 e. The lowest BCUT2D eigenvalue weighted by Gasteiger charge is -2.18. The standard InChI is InChI=1S/C46H88O4/c1-3-5-7-9-11-12-13-14-15-16-17-18-19-20-21-22-23-28-31-35-39-43-46(49)50-44(40-36-32-10-8-6-4-2)41-37-33-29-26-24-25-27-30-34-38-42-45(47)48/h14-15,44H,3-13,16-43H2,1-2H3,(H,47,48)/b15-14-. The van der Waals surface area contributed by atoms with Crippen molar-refractivity contribution < 1.29 is 19.4 Å². The largest absolute Gasteiger partial charge is 0.481 e. The molecule has 0 aliphatic heterocycles. The van der Waals surface area contributed by atoms with Crippen LogP contribution >= 0.6 is 0 Å². The molecule has 1 unspecified atom stereocenters. The summed E-state index contributed by atoms with van der Waals surface area (Å²) in [7, 11) is 0. The predicted molar refractivity (Wildman–Crippen MR) is 218 cm³/mol. The first-order valence-electron chi connectivity index (χ1n) is 22.7. The van der Waals surface area contributed by atoms with Crippen molar-refractivity contribution in [2.24, 2.45) is 0 Å². The maximum absolute atomic E-state index is 12.7. The van der Waals surface area contributed by atoms with Crippen LogP contribution in [-0.4, -0.2) is 23.1 Å². The summed E-state index contributed by atoms with van der Waals surface area (Å²) in [5, 5.41) is 8.72. The van der Waals surface area contributed by atoms with Crippen molar-refractivity contribution in [2.45, 2.75) is 270 Å². The molecule has 296 valence electrons. The summed E-state index contributed by atoms with van der Waals surface area (Å²) >= 11 is 0. The SMILES string of the molecule is CCCCCCCC/C=C\CCCCCCCCCCCCCC(=O)OC(CCCCCCCC)CCCCCCCCCCCCC(=O)O. The molecule has 0 radical (unpaired) electrons. The summed E-state index contributed by atoms with van der Waals surface area (Å²) in [4.78, 5) is 23.3. The zero-order chi connectivity index (χ0) is 36.4. The van der Waals surface area contributed by atoms with Gasteiger partial charge in [0.2, 0.25) is 0 Å². The second kappa shape index (κ2) is 42.1. The predicted octanol–water partition coefficient (Wildman–Crippen LogP) is 15.8. The summed E-state index contributed by atoms with van der Waals surface area (Å²) < 4.78 is 6.05. The fourth-order valence-corrected chi connectivity index (χ4v) is 7.12. The van der Waals surface area contributed by atoms with Gasteiger partial charge in [-0.15, -0.1) is 0 Å². The summed E-state index contributed by atoms with van der Waals surface area (Å²) in [5.74, 6) is -0.633. The highest BCUT2D eigenvalue weighted by atomic mass is 16.5. The quantitative estimate of drug-likeness (QED) is 0.0390. The fraction of sp³-hybridized carbons (Fsp3) is 0.913. The fourth-order valence-electron chi connectivity index (χ4n) is 7.12. The molecular weight excluding hydrogens is 617 g/mol. The van der Waals surface area contributed by atoms with E-state index in [0.717, 1.165) is 44.9 Å². The van der Waals surface area contributed by atoms with E-state index in [1.54, 1.807) is 0 Å². The minimum Gasteiger partial charge on any atom is -0.481 e. The molecule has 0 amide bonds. The third-order valence-corrected chi connectivity index (χ3v) is 10.5. The van der Waals surface area contributed by atoms with E-state index in [1.807, 2.05) is 0 Å². The second-order valence-corrected chi connectivity index (χ2v) is 15.6. The average Bonchev–Trinajstić information content (AvgIpc) is 3.10. The Morgan fingerprint density at radius 1 is 0.420 bits per heavy atom. The van der Waals surface area contributed by atoms with Crippen LogP contribution in [0.25, 0.3) is 0 Å². The van der Waals surface area contributed by atoms with Gasteiger partial charge in [-0.05, 0) is 64.2 Å². The van der Waals surface area contributed by atoms with Crippen molar-refractivity contribution in [2.75, 3.05) is 0 Å². The monoisotopic (exact) mass is 705 g/mol. The van der Waals surface area contributed by atoms with Crippen LogP contribution in [0.4, 0.5) is 0 Å². The smallest absolute Gasteiger partial charge is 0.306 e. The maximum atomic E-state index is 12.7. The molecule has 50 heavy (non-hydrogen) atoms. The number of aliphatic carboxylic acids is 1. The number of allylic oxidation sites excluding steroid dienone is 2. The van der Waals surface area contributed by atoms with Gasteiger partial charge < -0.3 is 9.84 Å². The molecule has 4 nitrogen and oxygen atoms in total. The van der Waals surface area contributed by atoms with Crippen LogP contribution in [0.3, 0.4) is 0 Å². The first-order valence-corrected chi connectivity index (χ1v) is 22.7. The number of rotatable bonds is 42. The molecule has 1 N–H and O–H groups in total. The minimum absolute atomic E-state index is 0.0395. The molecule has 0 aromatic carbocycles.